The maximum Gasteiger partial charge on any atom is 0.305 e. The van der Waals surface area contributed by atoms with Gasteiger partial charge >= 0.3 is 5.97 Å². The zero-order valence-corrected chi connectivity index (χ0v) is 9.66. The van der Waals surface area contributed by atoms with Crippen LogP contribution in [-0.4, -0.2) is 48.3 Å². The Kier molecular flexibility index (Phi) is 4.54. The third-order valence-electron chi connectivity index (χ3n) is 2.83. The van der Waals surface area contributed by atoms with Crippen molar-refractivity contribution in [1.29, 1.82) is 0 Å². The molecule has 0 aromatic rings. The van der Waals surface area contributed by atoms with E-state index < -0.39 is 5.60 Å². The van der Waals surface area contributed by atoms with Crippen LogP contribution in [0.2, 0.25) is 0 Å². The van der Waals surface area contributed by atoms with Gasteiger partial charge in [0.15, 0.2) is 0 Å². The van der Waals surface area contributed by atoms with Crippen LogP contribution in [0.5, 0.6) is 0 Å². The summed E-state index contributed by atoms with van der Waals surface area (Å²) in [7, 11) is 1.41. The molecule has 1 aliphatic rings. The SMILES string of the molecule is CCCC1(O)CN(CCCC(=O)OC)C1. The third-order valence-corrected chi connectivity index (χ3v) is 2.83. The Morgan fingerprint density at radius 3 is 2.73 bits per heavy atom. The van der Waals surface area contributed by atoms with Gasteiger partial charge in [0, 0.05) is 19.5 Å². The maximum absolute atomic E-state index is 10.8. The van der Waals surface area contributed by atoms with Gasteiger partial charge in [-0.25, -0.2) is 0 Å². The summed E-state index contributed by atoms with van der Waals surface area (Å²) < 4.78 is 4.56. The van der Waals surface area contributed by atoms with Crippen LogP contribution in [-0.2, 0) is 9.53 Å². The predicted octanol–water partition coefficient (Wildman–Crippen LogP) is 0.786. The molecule has 1 saturated heterocycles. The summed E-state index contributed by atoms with van der Waals surface area (Å²) in [6.07, 6.45) is 3.18. The van der Waals surface area contributed by atoms with Gasteiger partial charge in [-0.2, -0.15) is 0 Å². The van der Waals surface area contributed by atoms with E-state index in [9.17, 15) is 9.90 Å². The highest BCUT2D eigenvalue weighted by molar-refractivity contribution is 5.69. The van der Waals surface area contributed by atoms with Crippen LogP contribution in [0.25, 0.3) is 0 Å². The minimum atomic E-state index is -0.458. The summed E-state index contributed by atoms with van der Waals surface area (Å²) in [5.74, 6) is -0.153. The molecule has 0 bridgehead atoms. The number of hydrogen-bond donors (Lipinski definition) is 1. The van der Waals surface area contributed by atoms with E-state index in [1.54, 1.807) is 0 Å². The Bertz CT molecular complexity index is 212. The number of nitrogens with zero attached hydrogens (tertiary/aromatic N) is 1. The van der Waals surface area contributed by atoms with Crippen LogP contribution in [0.15, 0.2) is 0 Å². The van der Waals surface area contributed by atoms with Crippen molar-refractivity contribution in [3.05, 3.63) is 0 Å². The standard InChI is InChI=1S/C11H21NO3/c1-3-6-11(14)8-12(9-11)7-4-5-10(13)15-2/h14H,3-9H2,1-2H3. The molecule has 1 fully saturated rings. The van der Waals surface area contributed by atoms with Gasteiger partial charge in [-0.1, -0.05) is 13.3 Å². The topological polar surface area (TPSA) is 49.8 Å². The molecule has 4 heteroatoms. The van der Waals surface area contributed by atoms with Crippen molar-refractivity contribution in [2.75, 3.05) is 26.7 Å². The lowest BCUT2D eigenvalue weighted by Crippen LogP contribution is -2.61. The maximum atomic E-state index is 10.8. The van der Waals surface area contributed by atoms with Crippen LogP contribution in [0.1, 0.15) is 32.6 Å². The summed E-state index contributed by atoms with van der Waals surface area (Å²) in [6.45, 7) is 4.46. The fourth-order valence-corrected chi connectivity index (χ4v) is 2.12. The summed E-state index contributed by atoms with van der Waals surface area (Å²) >= 11 is 0. The molecule has 0 saturated carbocycles. The lowest BCUT2D eigenvalue weighted by molar-refractivity contribution is -0.141. The minimum absolute atomic E-state index is 0.153. The van der Waals surface area contributed by atoms with Crippen LogP contribution in [0.3, 0.4) is 0 Å². The molecule has 4 nitrogen and oxygen atoms in total. The number of esters is 1. The van der Waals surface area contributed by atoms with Crippen LogP contribution < -0.4 is 0 Å². The molecule has 1 rings (SSSR count). The lowest BCUT2D eigenvalue weighted by atomic mass is 9.89. The van der Waals surface area contributed by atoms with Crippen LogP contribution in [0.4, 0.5) is 0 Å². The van der Waals surface area contributed by atoms with Crippen molar-refractivity contribution in [2.24, 2.45) is 0 Å². The molecule has 15 heavy (non-hydrogen) atoms. The van der Waals surface area contributed by atoms with Gasteiger partial charge in [0.05, 0.1) is 12.7 Å². The van der Waals surface area contributed by atoms with Gasteiger partial charge in [-0.15, -0.1) is 0 Å². The molecular weight excluding hydrogens is 194 g/mol. The fraction of sp³-hybridized carbons (Fsp3) is 0.909. The Morgan fingerprint density at radius 1 is 1.53 bits per heavy atom. The number of likely N-dealkylation sites (tertiary alicyclic amines) is 1. The zero-order valence-electron chi connectivity index (χ0n) is 9.66. The van der Waals surface area contributed by atoms with E-state index >= 15 is 0 Å². The van der Waals surface area contributed by atoms with E-state index in [1.165, 1.54) is 7.11 Å². The number of carbonyl (C=O) groups is 1. The van der Waals surface area contributed by atoms with E-state index in [4.69, 9.17) is 0 Å². The van der Waals surface area contributed by atoms with Crippen molar-refractivity contribution in [2.45, 2.75) is 38.2 Å². The normalized spacial score (nSPS) is 19.7. The quantitative estimate of drug-likeness (QED) is 0.665. The molecule has 0 aliphatic carbocycles. The summed E-state index contributed by atoms with van der Waals surface area (Å²) in [5, 5.41) is 9.90. The van der Waals surface area contributed by atoms with E-state index in [-0.39, 0.29) is 5.97 Å². The zero-order chi connectivity index (χ0) is 11.3. The largest absolute Gasteiger partial charge is 0.469 e. The number of hydrogen-bond acceptors (Lipinski definition) is 4. The number of rotatable bonds is 6. The number of methoxy groups -OCH3 is 1. The highest BCUT2D eigenvalue weighted by Crippen LogP contribution is 2.25. The average Bonchev–Trinajstić information content (AvgIpc) is 2.15. The number of ether oxygens (including phenoxy) is 1. The molecule has 0 radical (unpaired) electrons. The molecule has 0 unspecified atom stereocenters. The van der Waals surface area contributed by atoms with Gasteiger partial charge in [-0.05, 0) is 19.4 Å². The molecule has 1 heterocycles. The third kappa shape index (κ3) is 3.80. The summed E-state index contributed by atoms with van der Waals surface area (Å²) in [4.78, 5) is 13.0. The van der Waals surface area contributed by atoms with Gasteiger partial charge in [0.25, 0.3) is 0 Å². The molecule has 0 atom stereocenters. The van der Waals surface area contributed by atoms with Crippen molar-refractivity contribution < 1.29 is 14.6 Å². The van der Waals surface area contributed by atoms with E-state index in [2.05, 4.69) is 16.6 Å². The Labute approximate surface area is 91.2 Å². The summed E-state index contributed by atoms with van der Waals surface area (Å²) in [5.41, 5.74) is -0.458. The molecule has 0 amide bonds. The predicted molar refractivity (Wildman–Crippen MR) is 57.5 cm³/mol. The van der Waals surface area contributed by atoms with E-state index in [0.717, 1.165) is 38.9 Å². The van der Waals surface area contributed by atoms with Gasteiger partial charge in [0.2, 0.25) is 0 Å². The molecule has 0 aromatic carbocycles. The number of carbonyl (C=O) groups excluding carboxylic acids is 1. The van der Waals surface area contributed by atoms with E-state index in [1.807, 2.05) is 0 Å². The molecule has 1 N–H and O–H groups in total. The fourth-order valence-electron chi connectivity index (χ4n) is 2.12. The van der Waals surface area contributed by atoms with Crippen molar-refractivity contribution in [3.8, 4) is 0 Å². The molecule has 0 spiro atoms. The van der Waals surface area contributed by atoms with Gasteiger partial charge in [0.1, 0.15) is 0 Å². The van der Waals surface area contributed by atoms with Crippen molar-refractivity contribution in [1.82, 2.24) is 4.90 Å². The average molecular weight is 215 g/mol. The highest BCUT2D eigenvalue weighted by Gasteiger charge is 2.39. The molecule has 0 aromatic heterocycles. The first-order valence-electron chi connectivity index (χ1n) is 5.61. The second-order valence-electron chi connectivity index (χ2n) is 4.36. The van der Waals surface area contributed by atoms with Crippen LogP contribution >= 0.6 is 0 Å². The van der Waals surface area contributed by atoms with E-state index in [0.29, 0.717) is 6.42 Å². The Balaban J connectivity index is 2.05. The first-order chi connectivity index (χ1) is 7.09. The lowest BCUT2D eigenvalue weighted by Gasteiger charge is -2.46. The van der Waals surface area contributed by atoms with Gasteiger partial charge in [-0.3, -0.25) is 9.69 Å². The minimum Gasteiger partial charge on any atom is -0.469 e. The second kappa shape index (κ2) is 5.47. The van der Waals surface area contributed by atoms with Crippen LogP contribution in [0, 0.1) is 0 Å². The Morgan fingerprint density at radius 2 is 2.20 bits per heavy atom. The second-order valence-corrected chi connectivity index (χ2v) is 4.36. The first kappa shape index (κ1) is 12.5. The number of aliphatic hydroxyl groups is 1. The van der Waals surface area contributed by atoms with Crippen molar-refractivity contribution >= 4 is 5.97 Å². The molecule has 88 valence electrons. The molecular formula is C11H21NO3. The smallest absolute Gasteiger partial charge is 0.305 e. The monoisotopic (exact) mass is 215 g/mol. The molecule has 1 aliphatic heterocycles. The first-order valence-corrected chi connectivity index (χ1v) is 5.61. The van der Waals surface area contributed by atoms with Gasteiger partial charge < -0.3 is 9.84 Å². The van der Waals surface area contributed by atoms with Crippen molar-refractivity contribution in [3.63, 3.8) is 0 Å². The Hall–Kier alpha value is -0.610. The highest BCUT2D eigenvalue weighted by atomic mass is 16.5. The summed E-state index contributed by atoms with van der Waals surface area (Å²) in [6, 6.07) is 0. The number of β-amino-alcohol motifs (C(OH)–C–C–N with tert-alkyl or cyclic N) is 1.